The number of hydrogen-bond donors (Lipinski definition) is 0. The number of hydrogen-bond acceptors (Lipinski definition) is 2. The van der Waals surface area contributed by atoms with Crippen LogP contribution in [0.2, 0.25) is 0 Å². The fraction of sp³-hybridized carbons (Fsp3) is 0.250. The van der Waals surface area contributed by atoms with Gasteiger partial charge in [-0.3, -0.25) is 0 Å². The monoisotopic (exact) mass is 134 g/mol. The minimum atomic E-state index is 0.668. The van der Waals surface area contributed by atoms with Crippen molar-refractivity contribution in [3.8, 4) is 12.3 Å². The smallest absolute Gasteiger partial charge is 0.0944 e. The Kier molecular flexibility index (Phi) is 2.01. The molecule has 0 atom stereocenters. The summed E-state index contributed by atoms with van der Waals surface area (Å²) in [6.45, 7) is 5.13. The lowest BCUT2D eigenvalue weighted by Gasteiger charge is -2.14. The van der Waals surface area contributed by atoms with Crippen molar-refractivity contribution in [2.24, 2.45) is 0 Å². The summed E-state index contributed by atoms with van der Waals surface area (Å²) in [5.74, 6) is 2.57. The van der Waals surface area contributed by atoms with Crippen molar-refractivity contribution in [3.63, 3.8) is 0 Å². The second-order valence-electron chi connectivity index (χ2n) is 2.09. The molecule has 0 fully saturated rings. The molecule has 1 aliphatic rings. The lowest BCUT2D eigenvalue weighted by molar-refractivity contribution is 0.343. The van der Waals surface area contributed by atoms with Crippen LogP contribution in [0.1, 0.15) is 0 Å². The van der Waals surface area contributed by atoms with Crippen molar-refractivity contribution in [2.45, 2.75) is 0 Å². The van der Waals surface area contributed by atoms with E-state index in [0.29, 0.717) is 6.54 Å². The molecule has 0 aliphatic carbocycles. The molecule has 0 aromatic carbocycles. The van der Waals surface area contributed by atoms with Crippen LogP contribution in [0.3, 0.4) is 0 Å². The van der Waals surface area contributed by atoms with Crippen LogP contribution < -0.4 is 0 Å². The van der Waals surface area contributed by atoms with E-state index in [0.717, 1.165) is 6.67 Å². The highest BCUT2D eigenvalue weighted by atomic mass is 15.3. The minimum Gasteiger partial charge on any atom is -0.347 e. The molecule has 0 bridgehead atoms. The van der Waals surface area contributed by atoms with Gasteiger partial charge in [0.25, 0.3) is 0 Å². The molecular weight excluding hydrogens is 124 g/mol. The van der Waals surface area contributed by atoms with Crippen LogP contribution in [0.25, 0.3) is 0 Å². The van der Waals surface area contributed by atoms with Crippen LogP contribution >= 0.6 is 0 Å². The summed E-state index contributed by atoms with van der Waals surface area (Å²) in [6.07, 6.45) is 10.8. The van der Waals surface area contributed by atoms with E-state index in [2.05, 4.69) is 12.5 Å². The summed E-state index contributed by atoms with van der Waals surface area (Å²) in [5, 5.41) is 0. The zero-order valence-electron chi connectivity index (χ0n) is 5.83. The van der Waals surface area contributed by atoms with Crippen LogP contribution in [0.5, 0.6) is 0 Å². The van der Waals surface area contributed by atoms with Crippen molar-refractivity contribution in [2.75, 3.05) is 13.2 Å². The van der Waals surface area contributed by atoms with E-state index < -0.39 is 0 Å². The summed E-state index contributed by atoms with van der Waals surface area (Å²) in [6, 6.07) is 0. The van der Waals surface area contributed by atoms with Crippen LogP contribution in [0, 0.1) is 12.3 Å². The highest BCUT2D eigenvalue weighted by Crippen LogP contribution is 2.04. The first-order valence-corrected chi connectivity index (χ1v) is 3.11. The fourth-order valence-electron chi connectivity index (χ4n) is 0.822. The third kappa shape index (κ3) is 1.32. The Morgan fingerprint density at radius 3 is 3.00 bits per heavy atom. The standard InChI is InChI=1S/C8H10N2/c1-3-5-10-7-6-9(4-2)8-10/h1,4,6-7H,2,5,8H2. The van der Waals surface area contributed by atoms with E-state index >= 15 is 0 Å². The van der Waals surface area contributed by atoms with Crippen molar-refractivity contribution < 1.29 is 0 Å². The molecule has 0 saturated heterocycles. The number of nitrogens with zero attached hydrogens (tertiary/aromatic N) is 2. The fourth-order valence-corrected chi connectivity index (χ4v) is 0.822. The third-order valence-corrected chi connectivity index (χ3v) is 1.34. The normalized spacial score (nSPS) is 15.5. The predicted molar refractivity (Wildman–Crippen MR) is 41.6 cm³/mol. The van der Waals surface area contributed by atoms with Gasteiger partial charge in [-0.2, -0.15) is 0 Å². The van der Waals surface area contributed by atoms with Crippen molar-refractivity contribution in [1.29, 1.82) is 0 Å². The molecule has 0 spiro atoms. The Balaban J connectivity index is 2.39. The van der Waals surface area contributed by atoms with Gasteiger partial charge in [-0.25, -0.2) is 0 Å². The van der Waals surface area contributed by atoms with Crippen LogP contribution in [0.15, 0.2) is 25.2 Å². The van der Waals surface area contributed by atoms with Crippen LogP contribution in [-0.4, -0.2) is 23.0 Å². The number of rotatable bonds is 2. The SMILES string of the molecule is C#CCN1C=CN(C=C)C1. The molecule has 0 aromatic rings. The Labute approximate surface area is 61.4 Å². The molecular formula is C8H10N2. The van der Waals surface area contributed by atoms with E-state index in [1.165, 1.54) is 0 Å². The second kappa shape index (κ2) is 2.98. The van der Waals surface area contributed by atoms with Gasteiger partial charge in [0.15, 0.2) is 0 Å². The zero-order chi connectivity index (χ0) is 7.40. The first-order chi connectivity index (χ1) is 4.86. The van der Waals surface area contributed by atoms with Crippen LogP contribution in [-0.2, 0) is 0 Å². The predicted octanol–water partition coefficient (Wildman–Crippen LogP) is 0.809. The van der Waals surface area contributed by atoms with Crippen molar-refractivity contribution in [1.82, 2.24) is 9.80 Å². The summed E-state index contributed by atoms with van der Waals surface area (Å²) >= 11 is 0. The molecule has 0 saturated carbocycles. The average Bonchev–Trinajstić information content (AvgIpc) is 2.37. The molecule has 0 aromatic heterocycles. The maximum Gasteiger partial charge on any atom is 0.0944 e. The van der Waals surface area contributed by atoms with Gasteiger partial charge >= 0.3 is 0 Å². The lowest BCUT2D eigenvalue weighted by Crippen LogP contribution is -2.21. The highest BCUT2D eigenvalue weighted by molar-refractivity contribution is 4.99. The zero-order valence-corrected chi connectivity index (χ0v) is 5.83. The molecule has 1 heterocycles. The van der Waals surface area contributed by atoms with E-state index in [-0.39, 0.29) is 0 Å². The van der Waals surface area contributed by atoms with Gasteiger partial charge in [0.05, 0.1) is 13.2 Å². The van der Waals surface area contributed by atoms with E-state index in [9.17, 15) is 0 Å². The average molecular weight is 134 g/mol. The summed E-state index contributed by atoms with van der Waals surface area (Å²) in [4.78, 5) is 4.00. The van der Waals surface area contributed by atoms with Crippen molar-refractivity contribution in [3.05, 3.63) is 25.2 Å². The topological polar surface area (TPSA) is 6.48 Å². The third-order valence-electron chi connectivity index (χ3n) is 1.34. The second-order valence-corrected chi connectivity index (χ2v) is 2.09. The van der Waals surface area contributed by atoms with E-state index in [1.807, 2.05) is 22.2 Å². The molecule has 10 heavy (non-hydrogen) atoms. The Morgan fingerprint density at radius 2 is 2.50 bits per heavy atom. The first-order valence-electron chi connectivity index (χ1n) is 3.11. The summed E-state index contributed by atoms with van der Waals surface area (Å²) < 4.78 is 0. The molecule has 2 heteroatoms. The van der Waals surface area contributed by atoms with Gasteiger partial charge < -0.3 is 9.80 Å². The Hall–Kier alpha value is -1.36. The first kappa shape index (κ1) is 6.76. The van der Waals surface area contributed by atoms with Gasteiger partial charge in [0.2, 0.25) is 0 Å². The van der Waals surface area contributed by atoms with Gasteiger partial charge in [-0.05, 0) is 6.20 Å². The minimum absolute atomic E-state index is 0.668. The Bertz CT molecular complexity index is 188. The maximum atomic E-state index is 5.13. The van der Waals surface area contributed by atoms with Crippen LogP contribution in [0.4, 0.5) is 0 Å². The molecule has 1 aliphatic heterocycles. The lowest BCUT2D eigenvalue weighted by atomic mass is 10.6. The van der Waals surface area contributed by atoms with E-state index in [1.54, 1.807) is 6.20 Å². The summed E-state index contributed by atoms with van der Waals surface area (Å²) in [5.41, 5.74) is 0. The van der Waals surface area contributed by atoms with Gasteiger partial charge in [-0.1, -0.05) is 12.5 Å². The molecule has 2 nitrogen and oxygen atoms in total. The molecule has 0 unspecified atom stereocenters. The number of terminal acetylenes is 1. The molecule has 1 rings (SSSR count). The largest absolute Gasteiger partial charge is 0.347 e. The highest BCUT2D eigenvalue weighted by Gasteiger charge is 2.06. The van der Waals surface area contributed by atoms with Gasteiger partial charge in [0, 0.05) is 12.4 Å². The maximum absolute atomic E-state index is 5.13. The van der Waals surface area contributed by atoms with Gasteiger partial charge in [0.1, 0.15) is 0 Å². The van der Waals surface area contributed by atoms with Gasteiger partial charge in [-0.15, -0.1) is 6.42 Å². The van der Waals surface area contributed by atoms with E-state index in [4.69, 9.17) is 6.42 Å². The molecule has 0 radical (unpaired) electrons. The van der Waals surface area contributed by atoms with Crippen molar-refractivity contribution >= 4 is 0 Å². The summed E-state index contributed by atoms with van der Waals surface area (Å²) in [7, 11) is 0. The molecule has 52 valence electrons. The molecule has 0 N–H and O–H groups in total. The quantitative estimate of drug-likeness (QED) is 0.516. The molecule has 0 amide bonds. The Morgan fingerprint density at radius 1 is 1.70 bits per heavy atom.